The second kappa shape index (κ2) is 11.1. The van der Waals surface area contributed by atoms with Gasteiger partial charge >= 0.3 is 5.97 Å². The van der Waals surface area contributed by atoms with E-state index in [0.717, 1.165) is 25.7 Å². The summed E-state index contributed by atoms with van der Waals surface area (Å²) in [5, 5.41) is 0. The van der Waals surface area contributed by atoms with Crippen LogP contribution >= 0.6 is 0 Å². The predicted molar refractivity (Wildman–Crippen MR) is 89.0 cm³/mol. The van der Waals surface area contributed by atoms with Gasteiger partial charge in [0.1, 0.15) is 0 Å². The Kier molecular flexibility index (Phi) is 9.26. The van der Waals surface area contributed by atoms with Gasteiger partial charge in [0.15, 0.2) is 0 Å². The quantitative estimate of drug-likeness (QED) is 0.426. The summed E-state index contributed by atoms with van der Waals surface area (Å²) in [6, 6.07) is 10.6. The van der Waals surface area contributed by atoms with Gasteiger partial charge in [0.2, 0.25) is 0 Å². The zero-order chi connectivity index (χ0) is 15.3. The third-order valence-corrected chi connectivity index (χ3v) is 3.48. The molecule has 0 aliphatic rings. The van der Waals surface area contributed by atoms with Gasteiger partial charge in [-0.05, 0) is 43.7 Å². The van der Waals surface area contributed by atoms with Crippen molar-refractivity contribution < 1.29 is 9.53 Å². The van der Waals surface area contributed by atoms with E-state index in [1.165, 1.54) is 24.0 Å². The highest BCUT2D eigenvalue weighted by atomic mass is 16.5. The minimum Gasteiger partial charge on any atom is -0.466 e. The van der Waals surface area contributed by atoms with Gasteiger partial charge < -0.3 is 4.74 Å². The molecule has 2 heteroatoms. The number of carbonyl (C=O) groups excluding carboxylic acids is 1. The fraction of sp³-hybridized carbons (Fsp3) is 0.526. The Morgan fingerprint density at radius 2 is 1.67 bits per heavy atom. The molecule has 0 atom stereocenters. The number of allylic oxidation sites excluding steroid dienone is 2. The fourth-order valence-electron chi connectivity index (χ4n) is 2.43. The van der Waals surface area contributed by atoms with Crippen LogP contribution in [0, 0.1) is 0 Å². The van der Waals surface area contributed by atoms with Crippen LogP contribution in [0.1, 0.15) is 64.4 Å². The Morgan fingerprint density at radius 1 is 1.00 bits per heavy atom. The monoisotopic (exact) mass is 288 g/mol. The van der Waals surface area contributed by atoms with E-state index in [1.54, 1.807) is 0 Å². The van der Waals surface area contributed by atoms with Crippen LogP contribution in [-0.2, 0) is 9.53 Å². The minimum atomic E-state index is -0.0617. The maximum atomic E-state index is 11.2. The summed E-state index contributed by atoms with van der Waals surface area (Å²) in [5.41, 5.74) is 2.79. The van der Waals surface area contributed by atoms with E-state index >= 15 is 0 Å². The summed E-state index contributed by atoms with van der Waals surface area (Å²) in [4.78, 5) is 11.2. The molecule has 21 heavy (non-hydrogen) atoms. The number of esters is 1. The summed E-state index contributed by atoms with van der Waals surface area (Å²) in [6.07, 6.45) is 9.49. The summed E-state index contributed by atoms with van der Waals surface area (Å²) in [7, 11) is 0. The Labute approximate surface area is 129 Å². The van der Waals surface area contributed by atoms with Gasteiger partial charge in [-0.3, -0.25) is 4.79 Å². The first-order chi connectivity index (χ1) is 10.3. The lowest BCUT2D eigenvalue weighted by Crippen LogP contribution is -2.03. The van der Waals surface area contributed by atoms with Gasteiger partial charge in [-0.25, -0.2) is 0 Å². The van der Waals surface area contributed by atoms with E-state index in [9.17, 15) is 4.79 Å². The van der Waals surface area contributed by atoms with Crippen LogP contribution in [0.4, 0.5) is 0 Å². The Bertz CT molecular complexity index is 420. The lowest BCUT2D eigenvalue weighted by molar-refractivity contribution is -0.143. The number of hydrogen-bond acceptors (Lipinski definition) is 2. The van der Waals surface area contributed by atoms with E-state index in [-0.39, 0.29) is 5.97 Å². The van der Waals surface area contributed by atoms with Crippen molar-refractivity contribution in [1.29, 1.82) is 0 Å². The van der Waals surface area contributed by atoms with Gasteiger partial charge in [-0.15, -0.1) is 0 Å². The topological polar surface area (TPSA) is 26.3 Å². The highest BCUT2D eigenvalue weighted by Crippen LogP contribution is 2.22. The minimum absolute atomic E-state index is 0.0617. The lowest BCUT2D eigenvalue weighted by atomic mass is 9.98. The third-order valence-electron chi connectivity index (χ3n) is 3.48. The molecule has 0 unspecified atom stereocenters. The zero-order valence-electron chi connectivity index (χ0n) is 13.4. The van der Waals surface area contributed by atoms with Gasteiger partial charge in [0, 0.05) is 6.42 Å². The van der Waals surface area contributed by atoms with Crippen molar-refractivity contribution in [2.45, 2.75) is 58.8 Å². The number of unbranched alkanes of at least 4 members (excludes halogenated alkanes) is 3. The van der Waals surface area contributed by atoms with Gasteiger partial charge in [0.05, 0.1) is 6.61 Å². The number of benzene rings is 1. The van der Waals surface area contributed by atoms with Gasteiger partial charge in [-0.1, -0.05) is 56.2 Å². The second-order valence-electron chi connectivity index (χ2n) is 5.22. The van der Waals surface area contributed by atoms with Crippen LogP contribution in [0.3, 0.4) is 0 Å². The smallest absolute Gasteiger partial charge is 0.305 e. The van der Waals surface area contributed by atoms with E-state index < -0.39 is 0 Å². The van der Waals surface area contributed by atoms with Crippen molar-refractivity contribution in [3.63, 3.8) is 0 Å². The molecule has 116 valence electrons. The van der Waals surface area contributed by atoms with Crippen LogP contribution < -0.4 is 0 Å². The first-order valence-electron chi connectivity index (χ1n) is 8.18. The van der Waals surface area contributed by atoms with Gasteiger partial charge in [-0.2, -0.15) is 0 Å². The molecule has 1 rings (SSSR count). The summed E-state index contributed by atoms with van der Waals surface area (Å²) in [5.74, 6) is -0.0617. The molecule has 0 aromatic heterocycles. The van der Waals surface area contributed by atoms with Crippen molar-refractivity contribution in [2.24, 2.45) is 0 Å². The lowest BCUT2D eigenvalue weighted by Gasteiger charge is -2.08. The molecule has 0 heterocycles. The number of carbonyl (C=O) groups is 1. The number of ether oxygens (including phenoxy) is 1. The van der Waals surface area contributed by atoms with Crippen LogP contribution in [0.25, 0.3) is 5.57 Å². The van der Waals surface area contributed by atoms with Crippen LogP contribution in [-0.4, -0.2) is 12.6 Å². The molecule has 0 amide bonds. The first kappa shape index (κ1) is 17.5. The van der Waals surface area contributed by atoms with Crippen molar-refractivity contribution in [3.05, 3.63) is 42.0 Å². The van der Waals surface area contributed by atoms with E-state index in [2.05, 4.69) is 43.3 Å². The average molecular weight is 288 g/mol. The van der Waals surface area contributed by atoms with E-state index in [4.69, 9.17) is 4.74 Å². The standard InChI is InChI=1S/C19H28O2/c1-3-12-17(18-14-9-7-10-15-18)13-8-5-6-11-16-19(20)21-4-2/h7,9-10,12,14-15H,3-6,8,11,13,16H2,1-2H3/b17-12-. The van der Waals surface area contributed by atoms with E-state index in [1.807, 2.05) is 6.92 Å². The molecular weight excluding hydrogens is 260 g/mol. The maximum Gasteiger partial charge on any atom is 0.305 e. The van der Waals surface area contributed by atoms with Gasteiger partial charge in [0.25, 0.3) is 0 Å². The molecule has 1 aromatic carbocycles. The van der Waals surface area contributed by atoms with E-state index in [0.29, 0.717) is 13.0 Å². The Hall–Kier alpha value is -1.57. The number of rotatable bonds is 10. The van der Waals surface area contributed by atoms with Crippen LogP contribution in [0.2, 0.25) is 0 Å². The van der Waals surface area contributed by atoms with Crippen molar-refractivity contribution in [3.8, 4) is 0 Å². The number of hydrogen-bond donors (Lipinski definition) is 0. The zero-order valence-corrected chi connectivity index (χ0v) is 13.4. The normalized spacial score (nSPS) is 11.4. The third kappa shape index (κ3) is 7.69. The first-order valence-corrected chi connectivity index (χ1v) is 8.18. The molecule has 0 radical (unpaired) electrons. The molecular formula is C19H28O2. The Morgan fingerprint density at radius 3 is 2.29 bits per heavy atom. The second-order valence-corrected chi connectivity index (χ2v) is 5.22. The SMILES string of the molecule is CC/C=C(/CCCCCCC(=O)OCC)c1ccccc1. The Balaban J connectivity index is 2.23. The maximum absolute atomic E-state index is 11.2. The largest absolute Gasteiger partial charge is 0.466 e. The van der Waals surface area contributed by atoms with Crippen molar-refractivity contribution in [2.75, 3.05) is 6.61 Å². The molecule has 1 aromatic rings. The molecule has 0 fully saturated rings. The summed E-state index contributed by atoms with van der Waals surface area (Å²) in [6.45, 7) is 4.52. The molecule has 0 bridgehead atoms. The molecule has 0 N–H and O–H groups in total. The highest BCUT2D eigenvalue weighted by Gasteiger charge is 2.03. The molecule has 0 aliphatic carbocycles. The fourth-order valence-corrected chi connectivity index (χ4v) is 2.43. The van der Waals surface area contributed by atoms with Crippen LogP contribution in [0.5, 0.6) is 0 Å². The molecule has 0 saturated carbocycles. The molecule has 0 spiro atoms. The molecule has 0 saturated heterocycles. The van der Waals surface area contributed by atoms with Crippen molar-refractivity contribution in [1.82, 2.24) is 0 Å². The predicted octanol–water partition coefficient (Wildman–Crippen LogP) is 5.38. The molecule has 2 nitrogen and oxygen atoms in total. The average Bonchev–Trinajstić information content (AvgIpc) is 2.50. The molecule has 0 aliphatic heterocycles. The van der Waals surface area contributed by atoms with Crippen molar-refractivity contribution >= 4 is 11.5 Å². The summed E-state index contributed by atoms with van der Waals surface area (Å²) >= 11 is 0. The van der Waals surface area contributed by atoms with Crippen LogP contribution in [0.15, 0.2) is 36.4 Å². The highest BCUT2D eigenvalue weighted by molar-refractivity contribution is 5.69. The summed E-state index contributed by atoms with van der Waals surface area (Å²) < 4.78 is 4.93.